The highest BCUT2D eigenvalue weighted by Crippen LogP contribution is 2.40. The Hall–Kier alpha value is -13.5. The zero-order valence-corrected chi connectivity index (χ0v) is 59.8. The maximum absolute atomic E-state index is 2.50. The van der Waals surface area contributed by atoms with E-state index < -0.39 is 0 Å². The Morgan fingerprint density at radius 3 is 0.370 bits per heavy atom. The highest BCUT2D eigenvalue weighted by atomic mass is 14.2. The van der Waals surface area contributed by atoms with Crippen molar-refractivity contribution in [2.75, 3.05) is 0 Å². The molecule has 108 heavy (non-hydrogen) atoms. The van der Waals surface area contributed by atoms with Gasteiger partial charge in [0.05, 0.1) is 0 Å². The Balaban J connectivity index is 0.696. The Morgan fingerprint density at radius 2 is 0.213 bits per heavy atom. The predicted molar refractivity (Wildman–Crippen MR) is 461 cm³/mol. The lowest BCUT2D eigenvalue weighted by Crippen LogP contribution is -2.00. The van der Waals surface area contributed by atoms with E-state index in [1.54, 1.807) is 0 Å². The normalized spacial score (nSPS) is 12.3. The highest BCUT2D eigenvalue weighted by molar-refractivity contribution is 5.99. The van der Waals surface area contributed by atoms with Crippen LogP contribution in [-0.2, 0) is 25.7 Å². The molecule has 0 N–H and O–H groups in total. The van der Waals surface area contributed by atoms with Gasteiger partial charge in [0.1, 0.15) is 0 Å². The molecule has 0 heterocycles. The van der Waals surface area contributed by atoms with Crippen molar-refractivity contribution >= 4 is 86.2 Å². The molecule has 20 aromatic rings. The molecule has 0 saturated heterocycles. The predicted octanol–water partition coefficient (Wildman–Crippen LogP) is 28.9. The van der Waals surface area contributed by atoms with Gasteiger partial charge in [-0.2, -0.15) is 0 Å². The molecular weight excluding hydrogens is 1300 g/mol. The highest BCUT2D eigenvalue weighted by Gasteiger charge is 2.18. The van der Waals surface area contributed by atoms with Gasteiger partial charge in [-0.25, -0.2) is 0 Å². The number of fused-ring (bicyclic) bond motifs is 16. The summed E-state index contributed by atoms with van der Waals surface area (Å²) < 4.78 is 0. The second-order valence-electron chi connectivity index (χ2n) is 30.2. The maximum atomic E-state index is 2.50. The first kappa shape index (κ1) is 63.0. The molecule has 0 fully saturated rings. The van der Waals surface area contributed by atoms with Gasteiger partial charge in [-0.15, -0.1) is 0 Å². The van der Waals surface area contributed by atoms with E-state index in [1.807, 2.05) is 0 Å². The quantitative estimate of drug-likeness (QED) is 0.142. The molecule has 0 nitrogen and oxygen atoms in total. The maximum Gasteiger partial charge on any atom is -0.00251 e. The molecule has 1 aliphatic rings. The number of hydrogen-bond acceptors (Lipinski definition) is 0. The average molecular weight is 1370 g/mol. The van der Waals surface area contributed by atoms with Crippen molar-refractivity contribution in [2.24, 2.45) is 0 Å². The van der Waals surface area contributed by atoms with E-state index in [4.69, 9.17) is 0 Å². The third kappa shape index (κ3) is 12.3. The van der Waals surface area contributed by atoms with Gasteiger partial charge in [0.15, 0.2) is 0 Å². The Labute approximate surface area is 629 Å². The first-order chi connectivity index (χ1) is 53.3. The van der Waals surface area contributed by atoms with Crippen LogP contribution < -0.4 is 0 Å². The van der Waals surface area contributed by atoms with E-state index in [-0.39, 0.29) is 0 Å². The van der Waals surface area contributed by atoms with Gasteiger partial charge in [-0.05, 0) is 318 Å². The van der Waals surface area contributed by atoms with Gasteiger partial charge in [0.2, 0.25) is 0 Å². The lowest BCUT2D eigenvalue weighted by atomic mass is 9.87. The van der Waals surface area contributed by atoms with Crippen LogP contribution in [0.5, 0.6) is 0 Å². The number of rotatable bonds is 8. The van der Waals surface area contributed by atoms with Crippen molar-refractivity contribution in [2.45, 2.75) is 25.7 Å². The largest absolute Gasteiger partial charge is 0.0616 e. The van der Waals surface area contributed by atoms with E-state index in [2.05, 4.69) is 388 Å². The van der Waals surface area contributed by atoms with Gasteiger partial charge in [-0.3, -0.25) is 0 Å². The molecule has 0 saturated carbocycles. The Bertz CT molecular complexity index is 6130. The van der Waals surface area contributed by atoms with Crippen LogP contribution in [0.25, 0.3) is 175 Å². The zero-order chi connectivity index (χ0) is 71.2. The molecule has 0 unspecified atom stereocenters. The molecule has 21 rings (SSSR count). The molecule has 0 amide bonds. The monoisotopic (exact) mass is 1370 g/mol. The van der Waals surface area contributed by atoms with Crippen molar-refractivity contribution in [1.29, 1.82) is 0 Å². The summed E-state index contributed by atoms with van der Waals surface area (Å²) in [5.41, 5.74) is 30.0. The fraction of sp³-hybridized carbons (Fsp3) is 0.0370. The Kier molecular flexibility index (Phi) is 15.3. The van der Waals surface area contributed by atoms with E-state index in [0.29, 0.717) is 0 Å². The van der Waals surface area contributed by atoms with Crippen molar-refractivity contribution in [3.05, 3.63) is 433 Å². The van der Waals surface area contributed by atoms with Crippen LogP contribution in [0, 0.1) is 0 Å². The van der Waals surface area contributed by atoms with Crippen molar-refractivity contribution in [3.63, 3.8) is 0 Å². The van der Waals surface area contributed by atoms with E-state index in [9.17, 15) is 0 Å². The zero-order valence-electron chi connectivity index (χ0n) is 59.8. The second-order valence-corrected chi connectivity index (χ2v) is 30.2. The van der Waals surface area contributed by atoms with Gasteiger partial charge in [-0.1, -0.05) is 315 Å². The molecule has 0 radical (unpaired) electrons. The van der Waals surface area contributed by atoms with E-state index in [0.717, 1.165) is 25.7 Å². The van der Waals surface area contributed by atoms with Gasteiger partial charge < -0.3 is 0 Å². The summed E-state index contributed by atoms with van der Waals surface area (Å²) in [5.74, 6) is 0. The van der Waals surface area contributed by atoms with Crippen molar-refractivity contribution in [1.82, 2.24) is 0 Å². The van der Waals surface area contributed by atoms with Crippen LogP contribution in [0.3, 0.4) is 0 Å². The van der Waals surface area contributed by atoms with Crippen LogP contribution in [-0.4, -0.2) is 0 Å². The van der Waals surface area contributed by atoms with Gasteiger partial charge >= 0.3 is 0 Å². The topological polar surface area (TPSA) is 0 Å². The molecule has 8 bridgehead atoms. The molecule has 0 heteroatoms. The lowest BCUT2D eigenvalue weighted by molar-refractivity contribution is 1.09. The smallest absolute Gasteiger partial charge is 0.00251 e. The standard InChI is InChI=1S/C108H72/c1-5-13-81-57-85(21-17-77(81)9-1)89-25-29-97-65-101(37-33-93(97)61-89)105-49-69-41-70(50-105)46-72-43-74(54-107(52-72)103-39-35-95-63-91(27-31-99(95)67-103)87-23-19-79-11-3-7-15-83(79)59-87)48-76-44-75(55-108(56-76)104-40-36-96-64-92(28-32-100(96)68-104)88-24-20-80-12-4-8-16-84(80)60-88)47-73-42-71(45-69)51-106(53-73)102-38-34-94-62-90(26-30-98(94)66-102)86-22-18-78-10-2-6-14-82(78)58-86/h1-44,49-68H,45-48H2. The summed E-state index contributed by atoms with van der Waals surface area (Å²) in [5, 5.41) is 19.9. The summed E-state index contributed by atoms with van der Waals surface area (Å²) in [6, 6.07) is 148. The molecule has 0 aliphatic heterocycles. The van der Waals surface area contributed by atoms with E-state index >= 15 is 0 Å². The Morgan fingerprint density at radius 1 is 0.0926 bits per heavy atom. The van der Waals surface area contributed by atoms with Crippen LogP contribution in [0.15, 0.2) is 388 Å². The molecule has 20 aromatic carbocycles. The summed E-state index contributed by atoms with van der Waals surface area (Å²) in [6.07, 6.45) is 3.07. The summed E-state index contributed by atoms with van der Waals surface area (Å²) in [4.78, 5) is 0. The fourth-order valence-electron chi connectivity index (χ4n) is 17.4. The lowest BCUT2D eigenvalue weighted by Gasteiger charge is -2.17. The third-order valence-corrected chi connectivity index (χ3v) is 22.9. The third-order valence-electron chi connectivity index (χ3n) is 22.9. The van der Waals surface area contributed by atoms with Gasteiger partial charge in [0.25, 0.3) is 0 Å². The molecule has 0 atom stereocenters. The van der Waals surface area contributed by atoms with Crippen LogP contribution in [0.1, 0.15) is 44.5 Å². The molecule has 0 aromatic heterocycles. The summed E-state index contributed by atoms with van der Waals surface area (Å²) in [6.45, 7) is 0. The first-order valence-electron chi connectivity index (χ1n) is 37.9. The molecular formula is C108H72. The number of hydrogen-bond donors (Lipinski definition) is 0. The molecule has 0 spiro atoms. The summed E-state index contributed by atoms with van der Waals surface area (Å²) in [7, 11) is 0. The average Bonchev–Trinajstić information content (AvgIpc) is 0.790. The minimum absolute atomic E-state index is 0.767. The SMILES string of the molecule is c1ccc2cc(-c3ccc4cc(-c5cc6cc(c5)Cc5cc(cc(-c7ccc8cc(-c9ccc%10ccccc%10c9)ccc8c7)c5)Cc5cc(cc(-c7ccc8cc(-c9ccc%10ccccc%10c9)ccc8c7)c5)Cc5cc(cc(-c7ccc8cc(-c9ccc%10ccccc%10c9)ccc8c7)c5)C6)ccc4c3)ccc2c1. The van der Waals surface area contributed by atoms with Gasteiger partial charge in [0, 0.05) is 0 Å². The number of benzene rings is 20. The second kappa shape index (κ2) is 26.3. The van der Waals surface area contributed by atoms with Crippen LogP contribution in [0.2, 0.25) is 0 Å². The molecule has 1 aliphatic carbocycles. The fourth-order valence-corrected chi connectivity index (χ4v) is 17.4. The van der Waals surface area contributed by atoms with Crippen molar-refractivity contribution in [3.8, 4) is 89.0 Å². The van der Waals surface area contributed by atoms with E-state index in [1.165, 1.54) is 220 Å². The minimum atomic E-state index is 0.767. The summed E-state index contributed by atoms with van der Waals surface area (Å²) >= 11 is 0. The first-order valence-corrected chi connectivity index (χ1v) is 37.9. The van der Waals surface area contributed by atoms with Crippen molar-refractivity contribution < 1.29 is 0 Å². The van der Waals surface area contributed by atoms with Crippen LogP contribution in [0.4, 0.5) is 0 Å². The molecule has 504 valence electrons. The minimum Gasteiger partial charge on any atom is -0.0616 e. The van der Waals surface area contributed by atoms with Crippen LogP contribution >= 0.6 is 0 Å².